The highest BCUT2D eigenvalue weighted by Gasteiger charge is 2.17. The Morgan fingerprint density at radius 2 is 1.77 bits per heavy atom. The van der Waals surface area contributed by atoms with Gasteiger partial charge in [-0.2, -0.15) is 5.10 Å². The lowest BCUT2D eigenvalue weighted by atomic mass is 10.2. The Kier molecular flexibility index (Phi) is 4.32. The Bertz CT molecular complexity index is 807. The fourth-order valence-corrected chi connectivity index (χ4v) is 3.30. The first-order chi connectivity index (χ1) is 10.2. The molecular formula is C14H17N3O4S. The van der Waals surface area contributed by atoms with E-state index >= 15 is 0 Å². The SMILES string of the molecule is Cc1nn(CCS(=O)(=O)c2ccc([N+](=O)[O-])cc2)c(C)c1C. The first-order valence-corrected chi connectivity index (χ1v) is 8.35. The molecular weight excluding hydrogens is 306 g/mol. The number of rotatable bonds is 5. The molecule has 1 aromatic carbocycles. The summed E-state index contributed by atoms with van der Waals surface area (Å²) >= 11 is 0. The van der Waals surface area contributed by atoms with Gasteiger partial charge in [0.2, 0.25) is 0 Å². The molecule has 0 saturated heterocycles. The van der Waals surface area contributed by atoms with Crippen LogP contribution in [-0.2, 0) is 16.4 Å². The molecule has 0 spiro atoms. The molecule has 118 valence electrons. The smallest absolute Gasteiger partial charge is 0.268 e. The van der Waals surface area contributed by atoms with Gasteiger partial charge in [0, 0.05) is 17.8 Å². The molecule has 22 heavy (non-hydrogen) atoms. The molecule has 1 heterocycles. The predicted octanol–water partition coefficient (Wildman–Crippen LogP) is 2.19. The summed E-state index contributed by atoms with van der Waals surface area (Å²) < 4.78 is 26.2. The topological polar surface area (TPSA) is 95.1 Å². The maximum Gasteiger partial charge on any atom is 0.269 e. The molecule has 0 aliphatic heterocycles. The van der Waals surface area contributed by atoms with E-state index in [0.717, 1.165) is 17.0 Å². The second kappa shape index (κ2) is 5.88. The molecule has 0 atom stereocenters. The molecule has 8 heteroatoms. The zero-order valence-corrected chi connectivity index (χ0v) is 13.4. The average molecular weight is 323 g/mol. The summed E-state index contributed by atoms with van der Waals surface area (Å²) in [7, 11) is -3.50. The van der Waals surface area contributed by atoms with Gasteiger partial charge < -0.3 is 0 Å². The Labute approximate surface area is 128 Å². The second-order valence-electron chi connectivity index (χ2n) is 5.09. The van der Waals surface area contributed by atoms with Gasteiger partial charge in [0.1, 0.15) is 0 Å². The van der Waals surface area contributed by atoms with Gasteiger partial charge in [-0.3, -0.25) is 14.8 Å². The second-order valence-corrected chi connectivity index (χ2v) is 7.20. The fourth-order valence-electron chi connectivity index (χ4n) is 2.10. The van der Waals surface area contributed by atoms with E-state index in [-0.39, 0.29) is 22.9 Å². The lowest BCUT2D eigenvalue weighted by molar-refractivity contribution is -0.384. The van der Waals surface area contributed by atoms with Crippen LogP contribution in [0, 0.1) is 30.9 Å². The molecule has 0 unspecified atom stereocenters. The van der Waals surface area contributed by atoms with E-state index in [1.54, 1.807) is 4.68 Å². The number of hydrogen-bond acceptors (Lipinski definition) is 5. The van der Waals surface area contributed by atoms with Crippen molar-refractivity contribution >= 4 is 15.5 Å². The van der Waals surface area contributed by atoms with Gasteiger partial charge in [0.15, 0.2) is 9.84 Å². The monoisotopic (exact) mass is 323 g/mol. The Hall–Kier alpha value is -2.22. The molecule has 0 bridgehead atoms. The Morgan fingerprint density at radius 1 is 1.18 bits per heavy atom. The van der Waals surface area contributed by atoms with Crippen LogP contribution in [0.15, 0.2) is 29.2 Å². The van der Waals surface area contributed by atoms with Crippen LogP contribution >= 0.6 is 0 Å². The molecule has 1 aromatic heterocycles. The normalized spacial score (nSPS) is 11.6. The number of nitro groups is 1. The zero-order chi connectivity index (χ0) is 16.5. The van der Waals surface area contributed by atoms with Crippen LogP contribution in [0.2, 0.25) is 0 Å². The number of nitrogens with zero attached hydrogens (tertiary/aromatic N) is 3. The van der Waals surface area contributed by atoms with E-state index in [4.69, 9.17) is 0 Å². The molecule has 0 saturated carbocycles. The zero-order valence-electron chi connectivity index (χ0n) is 12.6. The highest BCUT2D eigenvalue weighted by atomic mass is 32.2. The van der Waals surface area contributed by atoms with Gasteiger partial charge in [-0.1, -0.05) is 0 Å². The maximum absolute atomic E-state index is 12.3. The van der Waals surface area contributed by atoms with E-state index in [0.29, 0.717) is 0 Å². The van der Waals surface area contributed by atoms with Gasteiger partial charge >= 0.3 is 0 Å². The molecule has 0 aliphatic rings. The summed E-state index contributed by atoms with van der Waals surface area (Å²) in [4.78, 5) is 10.1. The van der Waals surface area contributed by atoms with Gasteiger partial charge in [0.25, 0.3) is 5.69 Å². The van der Waals surface area contributed by atoms with Crippen molar-refractivity contribution < 1.29 is 13.3 Å². The molecule has 0 fully saturated rings. The van der Waals surface area contributed by atoms with Crippen LogP contribution in [0.25, 0.3) is 0 Å². The first-order valence-electron chi connectivity index (χ1n) is 6.70. The maximum atomic E-state index is 12.3. The average Bonchev–Trinajstić information content (AvgIpc) is 2.72. The summed E-state index contributed by atoms with van der Waals surface area (Å²) in [6, 6.07) is 4.92. The molecule has 0 amide bonds. The highest BCUT2D eigenvalue weighted by Crippen LogP contribution is 2.18. The number of aryl methyl sites for hydroxylation is 2. The highest BCUT2D eigenvalue weighted by molar-refractivity contribution is 7.91. The van der Waals surface area contributed by atoms with Gasteiger partial charge in [0.05, 0.1) is 27.8 Å². The van der Waals surface area contributed by atoms with Crippen LogP contribution in [0.3, 0.4) is 0 Å². The van der Waals surface area contributed by atoms with E-state index in [9.17, 15) is 18.5 Å². The number of hydrogen-bond donors (Lipinski definition) is 0. The van der Waals surface area contributed by atoms with Crippen LogP contribution in [0.4, 0.5) is 5.69 Å². The molecule has 0 aliphatic carbocycles. The van der Waals surface area contributed by atoms with Crippen LogP contribution in [0.1, 0.15) is 17.0 Å². The minimum atomic E-state index is -3.50. The molecule has 7 nitrogen and oxygen atoms in total. The van der Waals surface area contributed by atoms with Crippen molar-refractivity contribution in [1.82, 2.24) is 9.78 Å². The lowest BCUT2D eigenvalue weighted by Gasteiger charge is -2.06. The van der Waals surface area contributed by atoms with Crippen molar-refractivity contribution in [3.8, 4) is 0 Å². The molecule has 0 N–H and O–H groups in total. The fraction of sp³-hybridized carbons (Fsp3) is 0.357. The Morgan fingerprint density at radius 3 is 2.23 bits per heavy atom. The lowest BCUT2D eigenvalue weighted by Crippen LogP contribution is -2.15. The van der Waals surface area contributed by atoms with Gasteiger partial charge in [-0.05, 0) is 38.5 Å². The van der Waals surface area contributed by atoms with Crippen molar-refractivity contribution in [3.63, 3.8) is 0 Å². The minimum Gasteiger partial charge on any atom is -0.268 e. The quantitative estimate of drug-likeness (QED) is 0.621. The third-order valence-electron chi connectivity index (χ3n) is 3.72. The minimum absolute atomic E-state index is 0.0800. The number of nitro benzene ring substituents is 1. The number of benzene rings is 1. The molecule has 0 radical (unpaired) electrons. The molecule has 2 rings (SSSR count). The summed E-state index contributed by atoms with van der Waals surface area (Å²) in [5, 5.41) is 14.9. The number of non-ortho nitro benzene ring substituents is 1. The van der Waals surface area contributed by atoms with Gasteiger partial charge in [-0.25, -0.2) is 8.42 Å². The summed E-state index contributed by atoms with van der Waals surface area (Å²) in [6.45, 7) is 5.97. The van der Waals surface area contributed by atoms with E-state index < -0.39 is 14.8 Å². The van der Waals surface area contributed by atoms with Crippen LogP contribution in [0.5, 0.6) is 0 Å². The van der Waals surface area contributed by atoms with Gasteiger partial charge in [-0.15, -0.1) is 0 Å². The van der Waals surface area contributed by atoms with E-state index in [1.807, 2.05) is 20.8 Å². The summed E-state index contributed by atoms with van der Waals surface area (Å²) in [5.41, 5.74) is 2.74. The third-order valence-corrected chi connectivity index (χ3v) is 5.43. The first kappa shape index (κ1) is 16.2. The summed E-state index contributed by atoms with van der Waals surface area (Å²) in [6.07, 6.45) is 0. The largest absolute Gasteiger partial charge is 0.269 e. The standard InChI is InChI=1S/C14H17N3O4S/c1-10-11(2)15-16(12(10)3)8-9-22(20,21)14-6-4-13(5-7-14)17(18)19/h4-7H,8-9H2,1-3H3. The van der Waals surface area contributed by atoms with Crippen molar-refractivity contribution in [3.05, 3.63) is 51.3 Å². The number of aromatic nitrogens is 2. The predicted molar refractivity (Wildman–Crippen MR) is 81.6 cm³/mol. The van der Waals surface area contributed by atoms with Crippen LogP contribution < -0.4 is 0 Å². The van der Waals surface area contributed by atoms with Crippen molar-refractivity contribution in [2.75, 3.05) is 5.75 Å². The van der Waals surface area contributed by atoms with Crippen molar-refractivity contribution in [1.29, 1.82) is 0 Å². The van der Waals surface area contributed by atoms with Crippen LogP contribution in [-0.4, -0.2) is 28.9 Å². The van der Waals surface area contributed by atoms with E-state index in [2.05, 4.69) is 5.10 Å². The van der Waals surface area contributed by atoms with Crippen molar-refractivity contribution in [2.24, 2.45) is 0 Å². The Balaban J connectivity index is 2.17. The summed E-state index contributed by atoms with van der Waals surface area (Å²) in [5.74, 6) is -0.105. The third kappa shape index (κ3) is 3.16. The molecule has 2 aromatic rings. The number of sulfone groups is 1. The van der Waals surface area contributed by atoms with E-state index in [1.165, 1.54) is 24.3 Å². The van der Waals surface area contributed by atoms with Crippen molar-refractivity contribution in [2.45, 2.75) is 32.2 Å².